The Labute approximate surface area is 92.2 Å². The van der Waals surface area contributed by atoms with Crippen LogP contribution in [0.2, 0.25) is 0 Å². The highest BCUT2D eigenvalue weighted by Crippen LogP contribution is 2.08. The molecule has 15 heavy (non-hydrogen) atoms. The van der Waals surface area contributed by atoms with Crippen LogP contribution >= 0.6 is 0 Å². The standard InChI is InChI=1S/C11H23N3O/c1-2-6-10(9-12)11(15)13-14-7-4-3-5-8-14/h10H,2-9,12H2,1H3,(H,13,15). The molecule has 0 aromatic carbocycles. The highest BCUT2D eigenvalue weighted by molar-refractivity contribution is 5.78. The number of amides is 1. The fraction of sp³-hybridized carbons (Fsp3) is 0.909. The maximum absolute atomic E-state index is 11.8. The Kier molecular flexibility index (Phi) is 5.65. The van der Waals surface area contributed by atoms with Crippen LogP contribution in [0.5, 0.6) is 0 Å². The van der Waals surface area contributed by atoms with Gasteiger partial charge in [0.15, 0.2) is 0 Å². The zero-order chi connectivity index (χ0) is 11.1. The lowest BCUT2D eigenvalue weighted by molar-refractivity contribution is -0.130. The molecule has 0 aliphatic carbocycles. The highest BCUT2D eigenvalue weighted by Gasteiger charge is 2.19. The van der Waals surface area contributed by atoms with Crippen molar-refractivity contribution in [1.29, 1.82) is 0 Å². The van der Waals surface area contributed by atoms with Crippen molar-refractivity contribution in [2.45, 2.75) is 39.0 Å². The van der Waals surface area contributed by atoms with Crippen molar-refractivity contribution in [2.75, 3.05) is 19.6 Å². The average Bonchev–Trinajstić information content (AvgIpc) is 2.27. The van der Waals surface area contributed by atoms with Gasteiger partial charge in [-0.05, 0) is 19.3 Å². The summed E-state index contributed by atoms with van der Waals surface area (Å²) in [6, 6.07) is 0. The maximum atomic E-state index is 11.8. The van der Waals surface area contributed by atoms with Gasteiger partial charge < -0.3 is 5.73 Å². The predicted octanol–water partition coefficient (Wildman–Crippen LogP) is 0.879. The monoisotopic (exact) mass is 213 g/mol. The summed E-state index contributed by atoms with van der Waals surface area (Å²) < 4.78 is 0. The molecule has 3 N–H and O–H groups in total. The summed E-state index contributed by atoms with van der Waals surface area (Å²) in [5, 5.41) is 2.03. The summed E-state index contributed by atoms with van der Waals surface area (Å²) in [5.41, 5.74) is 8.55. The topological polar surface area (TPSA) is 58.4 Å². The summed E-state index contributed by atoms with van der Waals surface area (Å²) in [6.07, 6.45) is 5.54. The van der Waals surface area contributed by atoms with Gasteiger partial charge in [0.25, 0.3) is 0 Å². The number of carbonyl (C=O) groups is 1. The first kappa shape index (κ1) is 12.5. The highest BCUT2D eigenvalue weighted by atomic mass is 16.2. The molecule has 1 saturated heterocycles. The molecule has 0 saturated carbocycles. The molecular formula is C11H23N3O. The second kappa shape index (κ2) is 6.80. The van der Waals surface area contributed by atoms with Crippen molar-refractivity contribution in [2.24, 2.45) is 11.7 Å². The van der Waals surface area contributed by atoms with E-state index in [0.717, 1.165) is 25.9 Å². The van der Waals surface area contributed by atoms with Gasteiger partial charge in [0.05, 0.1) is 5.92 Å². The lowest BCUT2D eigenvalue weighted by Crippen LogP contribution is -2.48. The van der Waals surface area contributed by atoms with E-state index in [1.807, 2.05) is 5.01 Å². The van der Waals surface area contributed by atoms with E-state index in [9.17, 15) is 4.79 Å². The van der Waals surface area contributed by atoms with Gasteiger partial charge in [0.2, 0.25) is 5.91 Å². The first-order valence-electron chi connectivity index (χ1n) is 6.03. The van der Waals surface area contributed by atoms with Crippen molar-refractivity contribution >= 4 is 5.91 Å². The van der Waals surface area contributed by atoms with Crippen molar-refractivity contribution in [3.05, 3.63) is 0 Å². The summed E-state index contributed by atoms with van der Waals surface area (Å²) in [4.78, 5) is 11.8. The molecule has 4 nitrogen and oxygen atoms in total. The Morgan fingerprint density at radius 3 is 2.60 bits per heavy atom. The number of nitrogens with one attached hydrogen (secondary N) is 1. The van der Waals surface area contributed by atoms with Crippen LogP contribution in [0, 0.1) is 5.92 Å². The molecule has 1 rings (SSSR count). The maximum Gasteiger partial charge on any atom is 0.238 e. The Morgan fingerprint density at radius 1 is 1.40 bits per heavy atom. The molecule has 1 heterocycles. The predicted molar refractivity (Wildman–Crippen MR) is 61.0 cm³/mol. The number of nitrogens with two attached hydrogens (primary N) is 1. The number of hydrazine groups is 1. The third kappa shape index (κ3) is 4.18. The molecule has 1 amide bonds. The van der Waals surface area contributed by atoms with E-state index in [-0.39, 0.29) is 11.8 Å². The zero-order valence-corrected chi connectivity index (χ0v) is 9.67. The fourth-order valence-corrected chi connectivity index (χ4v) is 1.96. The molecule has 0 spiro atoms. The number of hydrogen-bond donors (Lipinski definition) is 2. The second-order valence-electron chi connectivity index (χ2n) is 4.25. The average molecular weight is 213 g/mol. The molecule has 1 fully saturated rings. The van der Waals surface area contributed by atoms with E-state index in [1.165, 1.54) is 19.3 Å². The molecule has 0 bridgehead atoms. The zero-order valence-electron chi connectivity index (χ0n) is 9.67. The lowest BCUT2D eigenvalue weighted by atomic mass is 10.0. The van der Waals surface area contributed by atoms with Gasteiger partial charge in [0, 0.05) is 19.6 Å². The van der Waals surface area contributed by atoms with Crippen molar-refractivity contribution in [1.82, 2.24) is 10.4 Å². The summed E-state index contributed by atoms with van der Waals surface area (Å²) in [5.74, 6) is 0.0816. The van der Waals surface area contributed by atoms with Crippen LogP contribution in [0.1, 0.15) is 39.0 Å². The Balaban J connectivity index is 2.31. The van der Waals surface area contributed by atoms with Gasteiger partial charge in [0.1, 0.15) is 0 Å². The molecule has 88 valence electrons. The van der Waals surface area contributed by atoms with Crippen molar-refractivity contribution in [3.8, 4) is 0 Å². The van der Waals surface area contributed by atoms with Crippen LogP contribution in [0.4, 0.5) is 0 Å². The molecule has 1 atom stereocenters. The van der Waals surface area contributed by atoms with Crippen LogP contribution in [0.3, 0.4) is 0 Å². The fourth-order valence-electron chi connectivity index (χ4n) is 1.96. The van der Waals surface area contributed by atoms with E-state index in [4.69, 9.17) is 5.73 Å². The SMILES string of the molecule is CCCC(CN)C(=O)NN1CCCCC1. The molecule has 4 heteroatoms. The van der Waals surface area contributed by atoms with Crippen LogP contribution in [0.15, 0.2) is 0 Å². The van der Waals surface area contributed by atoms with E-state index in [2.05, 4.69) is 12.3 Å². The number of rotatable bonds is 5. The molecule has 1 unspecified atom stereocenters. The molecular weight excluding hydrogens is 190 g/mol. The van der Waals surface area contributed by atoms with E-state index in [0.29, 0.717) is 6.54 Å². The Bertz CT molecular complexity index is 190. The normalized spacial score (nSPS) is 19.9. The van der Waals surface area contributed by atoms with Gasteiger partial charge in [-0.2, -0.15) is 0 Å². The molecule has 1 aliphatic rings. The van der Waals surface area contributed by atoms with Gasteiger partial charge in [-0.25, -0.2) is 5.01 Å². The minimum atomic E-state index is -0.0167. The Hall–Kier alpha value is -0.610. The van der Waals surface area contributed by atoms with Gasteiger partial charge in [-0.1, -0.05) is 19.8 Å². The van der Waals surface area contributed by atoms with Gasteiger partial charge in [-0.3, -0.25) is 10.2 Å². The quantitative estimate of drug-likeness (QED) is 0.712. The number of piperidine rings is 1. The van der Waals surface area contributed by atoms with Crippen LogP contribution in [0.25, 0.3) is 0 Å². The largest absolute Gasteiger partial charge is 0.330 e. The number of hydrogen-bond acceptors (Lipinski definition) is 3. The van der Waals surface area contributed by atoms with Crippen molar-refractivity contribution < 1.29 is 4.79 Å². The summed E-state index contributed by atoms with van der Waals surface area (Å²) in [7, 11) is 0. The Morgan fingerprint density at radius 2 is 2.07 bits per heavy atom. The summed E-state index contributed by atoms with van der Waals surface area (Å²) >= 11 is 0. The molecule has 0 radical (unpaired) electrons. The summed E-state index contributed by atoms with van der Waals surface area (Å²) in [6.45, 7) is 4.49. The van der Waals surface area contributed by atoms with E-state index < -0.39 is 0 Å². The smallest absolute Gasteiger partial charge is 0.238 e. The minimum absolute atomic E-state index is 0.0167. The van der Waals surface area contributed by atoms with Crippen LogP contribution < -0.4 is 11.2 Å². The van der Waals surface area contributed by atoms with Crippen molar-refractivity contribution in [3.63, 3.8) is 0 Å². The lowest BCUT2D eigenvalue weighted by Gasteiger charge is -2.28. The van der Waals surface area contributed by atoms with E-state index in [1.54, 1.807) is 0 Å². The van der Waals surface area contributed by atoms with Crippen LogP contribution in [-0.4, -0.2) is 30.6 Å². The third-order valence-corrected chi connectivity index (χ3v) is 2.92. The molecule has 1 aliphatic heterocycles. The number of carbonyl (C=O) groups excluding carboxylic acids is 1. The first-order valence-corrected chi connectivity index (χ1v) is 6.03. The molecule has 0 aromatic rings. The first-order chi connectivity index (χ1) is 7.27. The molecule has 0 aromatic heterocycles. The van der Waals surface area contributed by atoms with E-state index >= 15 is 0 Å². The minimum Gasteiger partial charge on any atom is -0.330 e. The second-order valence-corrected chi connectivity index (χ2v) is 4.25. The third-order valence-electron chi connectivity index (χ3n) is 2.92. The van der Waals surface area contributed by atoms with Gasteiger partial charge >= 0.3 is 0 Å². The van der Waals surface area contributed by atoms with Gasteiger partial charge in [-0.15, -0.1) is 0 Å². The van der Waals surface area contributed by atoms with Crippen LogP contribution in [-0.2, 0) is 4.79 Å². The number of nitrogens with zero attached hydrogens (tertiary/aromatic N) is 1.